The number of nitrogens with zero attached hydrogens (tertiary/aromatic N) is 1. The number of aliphatic hydroxyl groups excluding tert-OH is 1. The molecule has 1 aliphatic heterocycles. The molecule has 1 fully saturated rings. The van der Waals surface area contributed by atoms with Gasteiger partial charge in [-0.25, -0.2) is 4.39 Å². The van der Waals surface area contributed by atoms with E-state index in [1.54, 1.807) is 11.8 Å². The van der Waals surface area contributed by atoms with Gasteiger partial charge in [-0.15, -0.1) is 0 Å². The van der Waals surface area contributed by atoms with E-state index in [1.807, 2.05) is 0 Å². The van der Waals surface area contributed by atoms with E-state index in [0.29, 0.717) is 18.5 Å². The fourth-order valence-electron chi connectivity index (χ4n) is 2.88. The average molecular weight is 336 g/mol. The van der Waals surface area contributed by atoms with Crippen molar-refractivity contribution in [2.75, 3.05) is 13.1 Å². The molecule has 0 bridgehead atoms. The summed E-state index contributed by atoms with van der Waals surface area (Å²) < 4.78 is 12.9. The van der Waals surface area contributed by atoms with Crippen LogP contribution in [0.5, 0.6) is 0 Å². The van der Waals surface area contributed by atoms with Gasteiger partial charge in [0, 0.05) is 13.0 Å². The molecule has 0 aliphatic carbocycles. The molecular weight excluding hydrogens is 311 g/mol. The van der Waals surface area contributed by atoms with Crippen molar-refractivity contribution in [1.29, 1.82) is 0 Å². The van der Waals surface area contributed by atoms with Crippen molar-refractivity contribution < 1.29 is 19.1 Å². The number of likely N-dealkylation sites (tertiary alicyclic amines) is 1. The molecule has 1 aliphatic rings. The Morgan fingerprint density at radius 3 is 2.62 bits per heavy atom. The highest BCUT2D eigenvalue weighted by atomic mass is 19.1. The van der Waals surface area contributed by atoms with Crippen molar-refractivity contribution in [1.82, 2.24) is 10.2 Å². The second-order valence-corrected chi connectivity index (χ2v) is 6.33. The molecule has 6 heteroatoms. The fourth-order valence-corrected chi connectivity index (χ4v) is 2.88. The van der Waals surface area contributed by atoms with Crippen LogP contribution in [0, 0.1) is 5.82 Å². The zero-order chi connectivity index (χ0) is 17.5. The number of nitrogens with one attached hydrogen (secondary N) is 1. The first kappa shape index (κ1) is 18.4. The number of benzene rings is 1. The quantitative estimate of drug-likeness (QED) is 0.866. The maximum Gasteiger partial charge on any atom is 0.239 e. The van der Waals surface area contributed by atoms with Crippen molar-refractivity contribution in [3.05, 3.63) is 35.6 Å². The topological polar surface area (TPSA) is 69.6 Å². The third-order valence-corrected chi connectivity index (χ3v) is 4.33. The van der Waals surface area contributed by atoms with Gasteiger partial charge >= 0.3 is 0 Å². The van der Waals surface area contributed by atoms with E-state index in [2.05, 4.69) is 5.32 Å². The summed E-state index contributed by atoms with van der Waals surface area (Å²) in [6.07, 6.45) is 3.47. The molecule has 0 aromatic heterocycles. The summed E-state index contributed by atoms with van der Waals surface area (Å²) in [5.74, 6) is -0.660. The Kier molecular flexibility index (Phi) is 6.73. The molecule has 2 atom stereocenters. The SMILES string of the molecule is C[C@H](NC(=O)CN1CCCCCCC1=O)[C@H](O)c1ccc(F)cc1. The first-order valence-corrected chi connectivity index (χ1v) is 8.48. The third-order valence-electron chi connectivity index (χ3n) is 4.33. The molecule has 0 spiro atoms. The second kappa shape index (κ2) is 8.78. The molecule has 1 aromatic carbocycles. The van der Waals surface area contributed by atoms with Crippen molar-refractivity contribution in [3.63, 3.8) is 0 Å². The largest absolute Gasteiger partial charge is 0.386 e. The minimum atomic E-state index is -0.933. The smallest absolute Gasteiger partial charge is 0.239 e. The highest BCUT2D eigenvalue weighted by Gasteiger charge is 2.22. The Labute approximate surface area is 141 Å². The molecule has 132 valence electrons. The number of rotatable bonds is 5. The average Bonchev–Trinajstić information content (AvgIpc) is 2.54. The zero-order valence-corrected chi connectivity index (χ0v) is 14.0. The van der Waals surface area contributed by atoms with Gasteiger partial charge in [0.2, 0.25) is 11.8 Å². The lowest BCUT2D eigenvalue weighted by Gasteiger charge is -2.26. The van der Waals surface area contributed by atoms with E-state index in [0.717, 1.165) is 25.7 Å². The number of carbonyl (C=O) groups excluding carboxylic acids is 2. The summed E-state index contributed by atoms with van der Waals surface area (Å²) in [7, 11) is 0. The second-order valence-electron chi connectivity index (χ2n) is 6.33. The molecule has 1 aromatic rings. The Hall–Kier alpha value is -1.95. The standard InChI is InChI=1S/C18H25FN2O3/c1-13(18(24)14-7-9-15(19)10-8-14)20-16(22)12-21-11-5-3-2-4-6-17(21)23/h7-10,13,18,24H,2-6,11-12H2,1H3,(H,20,22)/t13-,18-/m0/s1. The molecule has 2 rings (SSSR count). The van der Waals surface area contributed by atoms with Gasteiger partial charge in [0.25, 0.3) is 0 Å². The normalized spacial score (nSPS) is 18.5. The summed E-state index contributed by atoms with van der Waals surface area (Å²) in [6, 6.07) is 4.99. The van der Waals surface area contributed by atoms with Gasteiger partial charge in [-0.1, -0.05) is 25.0 Å². The number of carbonyl (C=O) groups is 2. The van der Waals surface area contributed by atoms with E-state index in [1.165, 1.54) is 24.3 Å². The van der Waals surface area contributed by atoms with Gasteiger partial charge in [-0.3, -0.25) is 9.59 Å². The molecule has 1 heterocycles. The number of aliphatic hydroxyl groups is 1. The minimum absolute atomic E-state index is 0.0107. The van der Waals surface area contributed by atoms with E-state index < -0.39 is 12.1 Å². The Morgan fingerprint density at radius 2 is 1.92 bits per heavy atom. The molecule has 0 unspecified atom stereocenters. The monoisotopic (exact) mass is 336 g/mol. The van der Waals surface area contributed by atoms with Crippen LogP contribution in [0.25, 0.3) is 0 Å². The van der Waals surface area contributed by atoms with Crippen LogP contribution in [0.15, 0.2) is 24.3 Å². The summed E-state index contributed by atoms with van der Waals surface area (Å²) in [6.45, 7) is 2.29. The number of halogens is 1. The van der Waals surface area contributed by atoms with E-state index >= 15 is 0 Å². The van der Waals surface area contributed by atoms with Crippen molar-refractivity contribution in [2.45, 2.75) is 51.2 Å². The lowest BCUT2D eigenvalue weighted by molar-refractivity contribution is -0.137. The highest BCUT2D eigenvalue weighted by molar-refractivity contribution is 5.85. The van der Waals surface area contributed by atoms with Gasteiger partial charge in [0.15, 0.2) is 0 Å². The fraction of sp³-hybridized carbons (Fsp3) is 0.556. The molecule has 2 amide bonds. The van der Waals surface area contributed by atoms with Gasteiger partial charge in [-0.05, 0) is 37.5 Å². The lowest BCUT2D eigenvalue weighted by Crippen LogP contribution is -2.45. The van der Waals surface area contributed by atoms with Crippen LogP contribution >= 0.6 is 0 Å². The van der Waals surface area contributed by atoms with E-state index in [-0.39, 0.29) is 24.2 Å². The van der Waals surface area contributed by atoms with Crippen LogP contribution in [0.4, 0.5) is 4.39 Å². The first-order chi connectivity index (χ1) is 11.5. The van der Waals surface area contributed by atoms with E-state index in [9.17, 15) is 19.1 Å². The Bertz CT molecular complexity index is 562. The molecule has 1 saturated heterocycles. The minimum Gasteiger partial charge on any atom is -0.386 e. The third kappa shape index (κ3) is 5.30. The molecule has 0 radical (unpaired) electrons. The van der Waals surface area contributed by atoms with Crippen molar-refractivity contribution in [3.8, 4) is 0 Å². The Morgan fingerprint density at radius 1 is 1.25 bits per heavy atom. The van der Waals surface area contributed by atoms with Gasteiger partial charge < -0.3 is 15.3 Å². The van der Waals surface area contributed by atoms with Crippen molar-refractivity contribution >= 4 is 11.8 Å². The molecule has 0 saturated carbocycles. The highest BCUT2D eigenvalue weighted by Crippen LogP contribution is 2.17. The number of hydrogen-bond donors (Lipinski definition) is 2. The van der Waals surface area contributed by atoms with Crippen LogP contribution in [0.2, 0.25) is 0 Å². The number of amides is 2. The van der Waals surface area contributed by atoms with Crippen LogP contribution in [0.3, 0.4) is 0 Å². The maximum atomic E-state index is 12.9. The van der Waals surface area contributed by atoms with E-state index in [4.69, 9.17) is 0 Å². The summed E-state index contributed by atoms with van der Waals surface area (Å²) in [5, 5.41) is 13.0. The van der Waals surface area contributed by atoms with Crippen molar-refractivity contribution in [2.24, 2.45) is 0 Å². The van der Waals surface area contributed by atoms with Crippen LogP contribution in [0.1, 0.15) is 50.7 Å². The summed E-state index contributed by atoms with van der Waals surface area (Å²) in [5.41, 5.74) is 0.534. The molecule has 24 heavy (non-hydrogen) atoms. The zero-order valence-electron chi connectivity index (χ0n) is 14.0. The molecule has 5 nitrogen and oxygen atoms in total. The maximum absolute atomic E-state index is 12.9. The predicted octanol–water partition coefficient (Wildman–Crippen LogP) is 2.16. The number of hydrogen-bond acceptors (Lipinski definition) is 3. The lowest BCUT2D eigenvalue weighted by atomic mass is 10.0. The summed E-state index contributed by atoms with van der Waals surface area (Å²) >= 11 is 0. The Balaban J connectivity index is 1.88. The molecule has 2 N–H and O–H groups in total. The first-order valence-electron chi connectivity index (χ1n) is 8.48. The van der Waals surface area contributed by atoms with Gasteiger partial charge in [-0.2, -0.15) is 0 Å². The van der Waals surface area contributed by atoms with Crippen LogP contribution < -0.4 is 5.32 Å². The van der Waals surface area contributed by atoms with Crippen LogP contribution in [-0.4, -0.2) is 41.0 Å². The predicted molar refractivity (Wildman–Crippen MR) is 88.6 cm³/mol. The van der Waals surface area contributed by atoms with Gasteiger partial charge in [0.1, 0.15) is 5.82 Å². The molecular formula is C18H25FN2O3. The van der Waals surface area contributed by atoms with Gasteiger partial charge in [0.05, 0.1) is 18.7 Å². The summed E-state index contributed by atoms with van der Waals surface area (Å²) in [4.78, 5) is 25.8. The van der Waals surface area contributed by atoms with Crippen LogP contribution in [-0.2, 0) is 9.59 Å².